The number of carbonyl (C=O) groups is 4. The van der Waals surface area contributed by atoms with Crippen LogP contribution in [0.15, 0.2) is 121 Å². The lowest BCUT2D eigenvalue weighted by molar-refractivity contribution is -0.153. The number of nitrogens with one attached hydrogen (secondary N) is 2. The van der Waals surface area contributed by atoms with E-state index < -0.39 is 41.8 Å². The van der Waals surface area contributed by atoms with Crippen molar-refractivity contribution in [3.8, 4) is 0 Å². The smallest absolute Gasteiger partial charge is 0.243 e. The fraction of sp³-hybridized carbons (Fsp3) is 0.317. The van der Waals surface area contributed by atoms with E-state index in [1.165, 1.54) is 0 Å². The minimum absolute atomic E-state index is 0.0483. The number of carbonyl (C=O) groups excluding carboxylic acids is 4. The van der Waals surface area contributed by atoms with E-state index in [0.29, 0.717) is 19.4 Å². The first-order valence-corrected chi connectivity index (χ1v) is 17.0. The maximum Gasteiger partial charge on any atom is 0.243 e. The summed E-state index contributed by atoms with van der Waals surface area (Å²) in [5.74, 6) is -2.11. The van der Waals surface area contributed by atoms with Gasteiger partial charge in [-0.15, -0.1) is 0 Å². The Balaban J connectivity index is 1.51. The quantitative estimate of drug-likeness (QED) is 0.146. The molecule has 0 aromatic heterocycles. The first kappa shape index (κ1) is 36.8. The van der Waals surface area contributed by atoms with Gasteiger partial charge in [0, 0.05) is 13.0 Å². The summed E-state index contributed by atoms with van der Waals surface area (Å²) < 4.78 is 0. The zero-order chi connectivity index (χ0) is 35.0. The van der Waals surface area contributed by atoms with Crippen LogP contribution < -0.4 is 10.6 Å². The molecule has 256 valence electrons. The van der Waals surface area contributed by atoms with E-state index in [0.717, 1.165) is 27.2 Å². The highest BCUT2D eigenvalue weighted by Crippen LogP contribution is 2.19. The first-order chi connectivity index (χ1) is 23.7. The number of hydrogen-bond acceptors (Lipinski definition) is 5. The predicted octanol–water partition coefficient (Wildman–Crippen LogP) is 5.08. The molecule has 8 heteroatoms. The van der Waals surface area contributed by atoms with Crippen LogP contribution >= 0.6 is 0 Å². The number of aliphatic hydroxyl groups excluding tert-OH is 1. The van der Waals surface area contributed by atoms with Crippen molar-refractivity contribution in [1.29, 1.82) is 0 Å². The largest absolute Gasteiger partial charge is 0.391 e. The molecule has 0 aliphatic heterocycles. The monoisotopic (exact) mass is 661 g/mol. The second-order valence-electron chi connectivity index (χ2n) is 12.7. The lowest BCUT2D eigenvalue weighted by atomic mass is 9.95. The van der Waals surface area contributed by atoms with Gasteiger partial charge in [-0.25, -0.2) is 0 Å². The van der Waals surface area contributed by atoms with Crippen LogP contribution in [0.4, 0.5) is 0 Å². The molecular weight excluding hydrogens is 614 g/mol. The number of hydrogen-bond donors (Lipinski definition) is 3. The summed E-state index contributed by atoms with van der Waals surface area (Å²) in [5, 5.41) is 17.3. The minimum Gasteiger partial charge on any atom is -0.391 e. The third-order valence-electron chi connectivity index (χ3n) is 8.45. The summed E-state index contributed by atoms with van der Waals surface area (Å²) in [4.78, 5) is 55.8. The average molecular weight is 662 g/mol. The molecule has 4 amide bonds. The van der Waals surface area contributed by atoms with Gasteiger partial charge in [0.1, 0.15) is 6.04 Å². The van der Waals surface area contributed by atoms with Crippen LogP contribution in [-0.2, 0) is 44.9 Å². The highest BCUT2D eigenvalue weighted by molar-refractivity contribution is 6.02. The van der Waals surface area contributed by atoms with Gasteiger partial charge in [0.25, 0.3) is 0 Å². The molecule has 0 saturated carbocycles. The second-order valence-corrected chi connectivity index (χ2v) is 12.7. The van der Waals surface area contributed by atoms with Crippen LogP contribution in [0.5, 0.6) is 0 Å². The standard InChI is InChI=1S/C41H47N3O5/c1-30(2)40(44(38(47)28-33-19-11-5-12-20-33)39(48)29-34-21-13-6-14-22-34)41(49)43-35(27-32-17-9-4-10-18-32)36(45)23-24-37(46)42-26-25-31-15-7-3-8-16-31/h3-22,30,35-36,40,45H,23-29H2,1-2H3,(H,42,46)(H,43,49)/t35-,36-,40-/m0/s1. The van der Waals surface area contributed by atoms with Crippen LogP contribution in [0.2, 0.25) is 0 Å². The first-order valence-electron chi connectivity index (χ1n) is 17.0. The minimum atomic E-state index is -1.13. The van der Waals surface area contributed by atoms with Crippen LogP contribution in [0.25, 0.3) is 0 Å². The highest BCUT2D eigenvalue weighted by Gasteiger charge is 2.38. The summed E-state index contributed by atoms with van der Waals surface area (Å²) >= 11 is 0. The topological polar surface area (TPSA) is 116 Å². The second kappa shape index (κ2) is 19.1. The molecule has 0 spiro atoms. The Labute approximate surface area is 289 Å². The number of benzene rings is 4. The van der Waals surface area contributed by atoms with Crippen LogP contribution in [0.3, 0.4) is 0 Å². The molecule has 4 aromatic rings. The molecule has 8 nitrogen and oxygen atoms in total. The van der Waals surface area contributed by atoms with Gasteiger partial charge >= 0.3 is 0 Å². The lowest BCUT2D eigenvalue weighted by Gasteiger charge is -2.34. The van der Waals surface area contributed by atoms with Crippen LogP contribution in [-0.4, -0.2) is 58.4 Å². The van der Waals surface area contributed by atoms with Crippen molar-refractivity contribution in [2.75, 3.05) is 6.54 Å². The molecule has 0 aliphatic rings. The van der Waals surface area contributed by atoms with E-state index in [9.17, 15) is 24.3 Å². The van der Waals surface area contributed by atoms with Crippen molar-refractivity contribution in [1.82, 2.24) is 15.5 Å². The summed E-state index contributed by atoms with van der Waals surface area (Å²) in [6, 6.07) is 35.7. The third-order valence-corrected chi connectivity index (χ3v) is 8.45. The molecule has 0 radical (unpaired) electrons. The summed E-state index contributed by atoms with van der Waals surface area (Å²) in [6.45, 7) is 4.07. The summed E-state index contributed by atoms with van der Waals surface area (Å²) in [7, 11) is 0. The Morgan fingerprint density at radius 3 is 1.57 bits per heavy atom. The average Bonchev–Trinajstić information content (AvgIpc) is 3.10. The fourth-order valence-corrected chi connectivity index (χ4v) is 5.86. The molecule has 0 unspecified atom stereocenters. The summed E-state index contributed by atoms with van der Waals surface area (Å²) in [6.07, 6.45) is 0.0174. The zero-order valence-corrected chi connectivity index (χ0v) is 28.3. The van der Waals surface area contributed by atoms with Crippen molar-refractivity contribution in [2.24, 2.45) is 5.92 Å². The van der Waals surface area contributed by atoms with E-state index >= 15 is 0 Å². The maximum absolute atomic E-state index is 14.2. The highest BCUT2D eigenvalue weighted by atomic mass is 16.3. The van der Waals surface area contributed by atoms with Gasteiger partial charge in [-0.3, -0.25) is 24.1 Å². The Hall–Kier alpha value is -5.08. The normalized spacial score (nSPS) is 12.8. The number of amides is 4. The zero-order valence-electron chi connectivity index (χ0n) is 28.3. The van der Waals surface area contributed by atoms with E-state index in [-0.39, 0.29) is 31.6 Å². The Bertz CT molecular complexity index is 1560. The molecule has 3 atom stereocenters. The van der Waals surface area contributed by atoms with Crippen molar-refractivity contribution < 1.29 is 24.3 Å². The fourth-order valence-electron chi connectivity index (χ4n) is 5.86. The third kappa shape index (κ3) is 11.8. The maximum atomic E-state index is 14.2. The number of nitrogens with zero attached hydrogens (tertiary/aromatic N) is 1. The molecule has 0 fully saturated rings. The van der Waals surface area contributed by atoms with Gasteiger partial charge in [0.05, 0.1) is 25.0 Å². The molecule has 0 heterocycles. The van der Waals surface area contributed by atoms with E-state index in [2.05, 4.69) is 10.6 Å². The molecule has 3 N–H and O–H groups in total. The van der Waals surface area contributed by atoms with Gasteiger partial charge in [-0.2, -0.15) is 0 Å². The van der Waals surface area contributed by atoms with Crippen LogP contribution in [0.1, 0.15) is 48.9 Å². The Kier molecular flexibility index (Phi) is 14.3. The van der Waals surface area contributed by atoms with Crippen LogP contribution in [0, 0.1) is 5.92 Å². The molecule has 49 heavy (non-hydrogen) atoms. The molecule has 0 saturated heterocycles. The molecule has 0 aliphatic carbocycles. The number of rotatable bonds is 17. The van der Waals surface area contributed by atoms with Crippen molar-refractivity contribution in [3.63, 3.8) is 0 Å². The summed E-state index contributed by atoms with van der Waals surface area (Å²) in [5.41, 5.74) is 3.46. The predicted molar refractivity (Wildman–Crippen MR) is 191 cm³/mol. The SMILES string of the molecule is CC(C)[C@@H](C(=O)N[C@@H](Cc1ccccc1)[C@@H](O)CCC(=O)NCCc1ccccc1)N(C(=O)Cc1ccccc1)C(=O)Cc1ccccc1. The van der Waals surface area contributed by atoms with E-state index in [4.69, 9.17) is 0 Å². The molecule has 4 aromatic carbocycles. The molecular formula is C41H47N3O5. The number of imide groups is 1. The van der Waals surface area contributed by atoms with Crippen molar-refractivity contribution in [3.05, 3.63) is 144 Å². The van der Waals surface area contributed by atoms with E-state index in [1.54, 1.807) is 13.8 Å². The van der Waals surface area contributed by atoms with Gasteiger partial charge in [-0.05, 0) is 47.4 Å². The van der Waals surface area contributed by atoms with Gasteiger partial charge in [-0.1, -0.05) is 135 Å². The number of aliphatic hydroxyl groups is 1. The van der Waals surface area contributed by atoms with Crippen molar-refractivity contribution in [2.45, 2.75) is 70.6 Å². The van der Waals surface area contributed by atoms with Crippen molar-refractivity contribution >= 4 is 23.6 Å². The van der Waals surface area contributed by atoms with Gasteiger partial charge < -0.3 is 15.7 Å². The molecule has 4 rings (SSSR count). The Morgan fingerprint density at radius 1 is 0.653 bits per heavy atom. The van der Waals surface area contributed by atoms with Gasteiger partial charge in [0.15, 0.2) is 0 Å². The Morgan fingerprint density at radius 2 is 1.10 bits per heavy atom. The van der Waals surface area contributed by atoms with Gasteiger partial charge in [0.2, 0.25) is 23.6 Å². The molecule has 0 bridgehead atoms. The van der Waals surface area contributed by atoms with E-state index in [1.807, 2.05) is 121 Å². The lowest BCUT2D eigenvalue weighted by Crippen LogP contribution is -2.58.